The average molecular weight is 280 g/mol. The molecule has 5 heteroatoms. The number of ether oxygens (including phenoxy) is 1. The summed E-state index contributed by atoms with van der Waals surface area (Å²) in [7, 11) is 1.66. The Morgan fingerprint density at radius 1 is 1.15 bits per heavy atom. The van der Waals surface area contributed by atoms with Crippen LogP contribution in [0.3, 0.4) is 0 Å². The predicted octanol–water partition coefficient (Wildman–Crippen LogP) is 3.29. The van der Waals surface area contributed by atoms with E-state index in [-0.39, 0.29) is 0 Å². The Bertz CT molecular complexity index is 382. The topological polar surface area (TPSA) is 59.1 Å². The van der Waals surface area contributed by atoms with Gasteiger partial charge in [-0.15, -0.1) is 0 Å². The molecular weight excluding hydrogens is 252 g/mol. The number of nitrogens with zero attached hydrogens (tertiary/aromatic N) is 2. The van der Waals surface area contributed by atoms with Crippen molar-refractivity contribution in [3.8, 4) is 0 Å². The average Bonchev–Trinajstić information content (AvgIpc) is 2.41. The summed E-state index contributed by atoms with van der Waals surface area (Å²) in [4.78, 5) is 8.89. The van der Waals surface area contributed by atoms with Gasteiger partial charge in [0.1, 0.15) is 18.2 Å². The molecule has 0 aliphatic rings. The Labute approximate surface area is 122 Å². The van der Waals surface area contributed by atoms with Gasteiger partial charge in [-0.05, 0) is 25.2 Å². The molecule has 0 spiro atoms. The van der Waals surface area contributed by atoms with Gasteiger partial charge in [0.2, 0.25) is 0 Å². The van der Waals surface area contributed by atoms with E-state index in [1.807, 2.05) is 6.07 Å². The molecule has 2 N–H and O–H groups in total. The molecule has 114 valence electrons. The highest BCUT2D eigenvalue weighted by molar-refractivity contribution is 5.47. The van der Waals surface area contributed by atoms with Crippen molar-refractivity contribution in [1.29, 1.82) is 0 Å². The fourth-order valence-corrected chi connectivity index (χ4v) is 1.85. The third-order valence-electron chi connectivity index (χ3n) is 2.87. The van der Waals surface area contributed by atoms with Gasteiger partial charge in [0.15, 0.2) is 5.82 Å². The summed E-state index contributed by atoms with van der Waals surface area (Å²) in [5.74, 6) is 3.18. The second kappa shape index (κ2) is 9.53. The van der Waals surface area contributed by atoms with E-state index in [1.54, 1.807) is 7.11 Å². The summed E-state index contributed by atoms with van der Waals surface area (Å²) in [5.41, 5.74) is 0. The highest BCUT2D eigenvalue weighted by Crippen LogP contribution is 2.13. The van der Waals surface area contributed by atoms with E-state index in [0.717, 1.165) is 43.5 Å². The van der Waals surface area contributed by atoms with Gasteiger partial charge in [-0.3, -0.25) is 0 Å². The van der Waals surface area contributed by atoms with Crippen LogP contribution in [0, 0.1) is 5.92 Å². The number of anilines is 2. The zero-order valence-electron chi connectivity index (χ0n) is 13.2. The molecule has 0 fully saturated rings. The Kier molecular flexibility index (Phi) is 7.95. The number of nitrogens with one attached hydrogen (secondary N) is 2. The van der Waals surface area contributed by atoms with Crippen LogP contribution in [0.4, 0.5) is 11.6 Å². The largest absolute Gasteiger partial charge is 0.377 e. The maximum absolute atomic E-state index is 5.12. The van der Waals surface area contributed by atoms with Gasteiger partial charge in [-0.1, -0.05) is 20.8 Å². The first-order valence-corrected chi connectivity index (χ1v) is 7.50. The zero-order chi connectivity index (χ0) is 14.8. The van der Waals surface area contributed by atoms with Gasteiger partial charge in [0.05, 0.1) is 0 Å². The molecule has 0 bridgehead atoms. The highest BCUT2D eigenvalue weighted by atomic mass is 16.5. The minimum absolute atomic E-state index is 0.433. The van der Waals surface area contributed by atoms with Crippen LogP contribution in [0.2, 0.25) is 0 Å². The van der Waals surface area contributed by atoms with E-state index in [9.17, 15) is 0 Å². The lowest BCUT2D eigenvalue weighted by molar-refractivity contribution is 0.178. The molecular formula is C15H28N4O. The van der Waals surface area contributed by atoms with Crippen LogP contribution in [0.25, 0.3) is 0 Å². The van der Waals surface area contributed by atoms with Crippen molar-refractivity contribution in [2.75, 3.05) is 30.8 Å². The summed E-state index contributed by atoms with van der Waals surface area (Å²) >= 11 is 0. The first-order valence-electron chi connectivity index (χ1n) is 7.50. The maximum atomic E-state index is 5.12. The zero-order valence-corrected chi connectivity index (χ0v) is 13.2. The molecule has 0 atom stereocenters. The second-order valence-corrected chi connectivity index (χ2v) is 5.38. The number of hydrogen-bond donors (Lipinski definition) is 2. The molecule has 1 rings (SSSR count). The standard InChI is InChI=1S/C15H28N4O/c1-5-8-16-13-10-14(17-9-6-7-12(2)3)19-15(18-13)11-20-4/h10,12H,5-9,11H2,1-4H3,(H2,16,17,18,19). The van der Waals surface area contributed by atoms with Gasteiger partial charge in [0, 0.05) is 26.3 Å². The molecule has 0 radical (unpaired) electrons. The Morgan fingerprint density at radius 3 is 2.35 bits per heavy atom. The second-order valence-electron chi connectivity index (χ2n) is 5.38. The molecule has 0 unspecified atom stereocenters. The summed E-state index contributed by atoms with van der Waals surface area (Å²) in [6.45, 7) is 8.91. The Balaban J connectivity index is 2.60. The van der Waals surface area contributed by atoms with E-state index in [1.165, 1.54) is 6.42 Å². The number of rotatable bonds is 10. The van der Waals surface area contributed by atoms with Crippen LogP contribution < -0.4 is 10.6 Å². The van der Waals surface area contributed by atoms with Crippen molar-refractivity contribution >= 4 is 11.6 Å². The lowest BCUT2D eigenvalue weighted by Gasteiger charge is -2.11. The van der Waals surface area contributed by atoms with E-state index in [4.69, 9.17) is 4.74 Å². The molecule has 5 nitrogen and oxygen atoms in total. The van der Waals surface area contributed by atoms with Crippen LogP contribution in [0.5, 0.6) is 0 Å². The van der Waals surface area contributed by atoms with Gasteiger partial charge < -0.3 is 15.4 Å². The predicted molar refractivity (Wildman–Crippen MR) is 84.1 cm³/mol. The van der Waals surface area contributed by atoms with Crippen molar-refractivity contribution in [3.05, 3.63) is 11.9 Å². The summed E-state index contributed by atoms with van der Waals surface area (Å²) in [5, 5.41) is 6.66. The van der Waals surface area contributed by atoms with Gasteiger partial charge in [-0.2, -0.15) is 0 Å². The van der Waals surface area contributed by atoms with Crippen molar-refractivity contribution in [3.63, 3.8) is 0 Å². The molecule has 0 aliphatic carbocycles. The first kappa shape index (κ1) is 16.7. The number of hydrogen-bond acceptors (Lipinski definition) is 5. The molecule has 0 saturated carbocycles. The quantitative estimate of drug-likeness (QED) is 0.644. The maximum Gasteiger partial charge on any atom is 0.158 e. The van der Waals surface area contributed by atoms with Crippen LogP contribution in [-0.4, -0.2) is 30.2 Å². The Hall–Kier alpha value is -1.36. The van der Waals surface area contributed by atoms with Crippen molar-refractivity contribution in [2.45, 2.75) is 46.6 Å². The van der Waals surface area contributed by atoms with Crippen molar-refractivity contribution in [2.24, 2.45) is 5.92 Å². The summed E-state index contributed by atoms with van der Waals surface area (Å²) in [6, 6.07) is 1.96. The van der Waals surface area contributed by atoms with Crippen molar-refractivity contribution < 1.29 is 4.74 Å². The third-order valence-corrected chi connectivity index (χ3v) is 2.87. The molecule has 20 heavy (non-hydrogen) atoms. The van der Waals surface area contributed by atoms with Crippen LogP contribution in [-0.2, 0) is 11.3 Å². The molecule has 0 amide bonds. The normalized spacial score (nSPS) is 10.8. The smallest absolute Gasteiger partial charge is 0.158 e. The van der Waals surface area contributed by atoms with E-state index in [2.05, 4.69) is 41.4 Å². The summed E-state index contributed by atoms with van der Waals surface area (Å²) in [6.07, 6.45) is 3.45. The molecule has 0 aromatic carbocycles. The molecule has 1 aromatic heterocycles. The number of aromatic nitrogens is 2. The van der Waals surface area contributed by atoms with Gasteiger partial charge in [0.25, 0.3) is 0 Å². The fourth-order valence-electron chi connectivity index (χ4n) is 1.85. The minimum atomic E-state index is 0.433. The third kappa shape index (κ3) is 6.70. The SMILES string of the molecule is CCCNc1cc(NCCCC(C)C)nc(COC)n1. The minimum Gasteiger partial charge on any atom is -0.377 e. The van der Waals surface area contributed by atoms with E-state index in [0.29, 0.717) is 12.4 Å². The number of methoxy groups -OCH3 is 1. The molecule has 0 saturated heterocycles. The highest BCUT2D eigenvalue weighted by Gasteiger charge is 2.04. The van der Waals surface area contributed by atoms with Crippen LogP contribution >= 0.6 is 0 Å². The molecule has 0 aliphatic heterocycles. The fraction of sp³-hybridized carbons (Fsp3) is 0.733. The van der Waals surface area contributed by atoms with Crippen molar-refractivity contribution in [1.82, 2.24) is 9.97 Å². The lowest BCUT2D eigenvalue weighted by atomic mass is 10.1. The lowest BCUT2D eigenvalue weighted by Crippen LogP contribution is -2.10. The first-order chi connectivity index (χ1) is 9.65. The van der Waals surface area contributed by atoms with Gasteiger partial charge >= 0.3 is 0 Å². The monoisotopic (exact) mass is 280 g/mol. The van der Waals surface area contributed by atoms with Crippen LogP contribution in [0.1, 0.15) is 45.9 Å². The molecule has 1 aromatic rings. The van der Waals surface area contributed by atoms with E-state index >= 15 is 0 Å². The van der Waals surface area contributed by atoms with Crippen LogP contribution in [0.15, 0.2) is 6.07 Å². The summed E-state index contributed by atoms with van der Waals surface area (Å²) < 4.78 is 5.12. The van der Waals surface area contributed by atoms with E-state index < -0.39 is 0 Å². The Morgan fingerprint density at radius 2 is 1.80 bits per heavy atom. The molecule has 1 heterocycles. The van der Waals surface area contributed by atoms with Gasteiger partial charge in [-0.25, -0.2) is 9.97 Å².